The molecule has 3 heteroatoms. The lowest BCUT2D eigenvalue weighted by Crippen LogP contribution is -2.22. The topological polar surface area (TPSA) is 38.3 Å². The molecule has 0 amide bonds. The Kier molecular flexibility index (Phi) is 2.65. The molecule has 0 heterocycles. The molecule has 0 aliphatic heterocycles. The fraction of sp³-hybridized carbons (Fsp3) is 0.625. The molecular formula is C8H13NO2. The molecule has 11 heavy (non-hydrogen) atoms. The molecule has 0 aromatic heterocycles. The average molecular weight is 155 g/mol. The lowest BCUT2D eigenvalue weighted by atomic mass is 10.2. The van der Waals surface area contributed by atoms with E-state index in [1.165, 1.54) is 7.11 Å². The molecule has 0 spiro atoms. The van der Waals surface area contributed by atoms with E-state index in [1.807, 2.05) is 13.1 Å². The summed E-state index contributed by atoms with van der Waals surface area (Å²) < 4.78 is 4.59. The minimum atomic E-state index is -0.192. The second-order valence-electron chi connectivity index (χ2n) is 2.65. The average Bonchev–Trinajstić information content (AvgIpc) is 2.50. The van der Waals surface area contributed by atoms with Crippen LogP contribution in [0.5, 0.6) is 0 Å². The number of carbonyl (C=O) groups excluding carboxylic acids is 1. The molecule has 1 aliphatic rings. The van der Waals surface area contributed by atoms with Gasteiger partial charge in [0, 0.05) is 11.6 Å². The van der Waals surface area contributed by atoms with E-state index in [4.69, 9.17) is 0 Å². The third kappa shape index (κ3) is 1.80. The van der Waals surface area contributed by atoms with E-state index in [9.17, 15) is 4.79 Å². The second kappa shape index (κ2) is 3.53. The number of hydrogen-bond donors (Lipinski definition) is 1. The van der Waals surface area contributed by atoms with Gasteiger partial charge in [0.1, 0.15) is 0 Å². The number of hydrogen-bond acceptors (Lipinski definition) is 3. The molecule has 0 fully saturated rings. The van der Waals surface area contributed by atoms with E-state index >= 15 is 0 Å². The molecule has 62 valence electrons. The first kappa shape index (κ1) is 8.27. The van der Waals surface area contributed by atoms with Crippen LogP contribution in [0.1, 0.15) is 12.8 Å². The molecule has 0 saturated carbocycles. The van der Waals surface area contributed by atoms with Gasteiger partial charge in [0.2, 0.25) is 0 Å². The van der Waals surface area contributed by atoms with Crippen LogP contribution in [-0.4, -0.2) is 26.2 Å². The number of esters is 1. The molecule has 1 rings (SSSR count). The molecule has 0 aromatic carbocycles. The quantitative estimate of drug-likeness (QED) is 0.589. The van der Waals surface area contributed by atoms with Gasteiger partial charge in [-0.15, -0.1) is 0 Å². The number of ether oxygens (including phenoxy) is 1. The highest BCUT2D eigenvalue weighted by atomic mass is 16.5. The fourth-order valence-corrected chi connectivity index (χ4v) is 1.23. The van der Waals surface area contributed by atoms with E-state index in [2.05, 4.69) is 10.1 Å². The molecule has 1 atom stereocenters. The molecule has 0 aromatic rings. The van der Waals surface area contributed by atoms with Crippen molar-refractivity contribution in [3.05, 3.63) is 11.6 Å². The van der Waals surface area contributed by atoms with Crippen molar-refractivity contribution < 1.29 is 9.53 Å². The maximum absolute atomic E-state index is 11.0. The third-order valence-corrected chi connectivity index (χ3v) is 1.97. The number of methoxy groups -OCH3 is 1. The van der Waals surface area contributed by atoms with Crippen LogP contribution in [0.2, 0.25) is 0 Å². The molecule has 1 aliphatic carbocycles. The minimum Gasteiger partial charge on any atom is -0.466 e. The molecule has 1 N–H and O–H groups in total. The fourth-order valence-electron chi connectivity index (χ4n) is 1.23. The van der Waals surface area contributed by atoms with Crippen LogP contribution in [-0.2, 0) is 9.53 Å². The van der Waals surface area contributed by atoms with Crippen molar-refractivity contribution in [2.24, 2.45) is 0 Å². The van der Waals surface area contributed by atoms with E-state index in [1.54, 1.807) is 0 Å². The monoisotopic (exact) mass is 155 g/mol. The summed E-state index contributed by atoms with van der Waals surface area (Å²) in [5.74, 6) is -0.192. The Morgan fingerprint density at radius 2 is 2.55 bits per heavy atom. The Hall–Kier alpha value is -0.830. The van der Waals surface area contributed by atoms with Gasteiger partial charge in [0.05, 0.1) is 7.11 Å². The Balaban J connectivity index is 2.45. The van der Waals surface area contributed by atoms with E-state index in [0.717, 1.165) is 18.4 Å². The number of rotatable bonds is 2. The molecular weight excluding hydrogens is 142 g/mol. The summed E-state index contributed by atoms with van der Waals surface area (Å²) in [7, 11) is 3.31. The van der Waals surface area contributed by atoms with Gasteiger partial charge < -0.3 is 10.1 Å². The van der Waals surface area contributed by atoms with Gasteiger partial charge in [-0.05, 0) is 19.9 Å². The van der Waals surface area contributed by atoms with Gasteiger partial charge >= 0.3 is 5.97 Å². The summed E-state index contributed by atoms with van der Waals surface area (Å²) in [5, 5.41) is 3.11. The first-order valence-electron chi connectivity index (χ1n) is 3.72. The zero-order chi connectivity index (χ0) is 8.27. The van der Waals surface area contributed by atoms with Crippen LogP contribution in [0.3, 0.4) is 0 Å². The highest BCUT2D eigenvalue weighted by molar-refractivity contribution is 5.88. The van der Waals surface area contributed by atoms with Crippen LogP contribution < -0.4 is 5.32 Å². The molecule has 1 unspecified atom stereocenters. The predicted molar refractivity (Wildman–Crippen MR) is 42.2 cm³/mol. The van der Waals surface area contributed by atoms with Crippen molar-refractivity contribution in [3.8, 4) is 0 Å². The minimum absolute atomic E-state index is 0.192. The summed E-state index contributed by atoms with van der Waals surface area (Å²) in [6, 6.07) is 0.420. The van der Waals surface area contributed by atoms with Crippen molar-refractivity contribution in [1.29, 1.82) is 0 Å². The summed E-state index contributed by atoms with van der Waals surface area (Å²) in [6.45, 7) is 0. The van der Waals surface area contributed by atoms with Crippen molar-refractivity contribution in [2.45, 2.75) is 18.9 Å². The summed E-state index contributed by atoms with van der Waals surface area (Å²) in [6.07, 6.45) is 3.66. The zero-order valence-electron chi connectivity index (χ0n) is 6.89. The Bertz CT molecular complexity index is 187. The maximum atomic E-state index is 11.0. The highest BCUT2D eigenvalue weighted by Crippen LogP contribution is 2.18. The first-order chi connectivity index (χ1) is 5.27. The Labute approximate surface area is 66.4 Å². The van der Waals surface area contributed by atoms with E-state index in [-0.39, 0.29) is 5.97 Å². The smallest absolute Gasteiger partial charge is 0.333 e. The van der Waals surface area contributed by atoms with Gasteiger partial charge in [0.25, 0.3) is 0 Å². The standard InChI is InChI=1S/C8H13NO2/c1-9-7-4-3-6(5-7)8(10)11-2/h3,7,9H,4-5H2,1-2H3. The summed E-state index contributed by atoms with van der Waals surface area (Å²) in [5.41, 5.74) is 0.798. The van der Waals surface area contributed by atoms with Gasteiger partial charge in [-0.2, -0.15) is 0 Å². The summed E-state index contributed by atoms with van der Waals surface area (Å²) in [4.78, 5) is 11.0. The predicted octanol–water partition coefficient (Wildman–Crippen LogP) is 0.468. The summed E-state index contributed by atoms with van der Waals surface area (Å²) >= 11 is 0. The normalized spacial score (nSPS) is 23.1. The van der Waals surface area contributed by atoms with Crippen LogP contribution in [0.4, 0.5) is 0 Å². The van der Waals surface area contributed by atoms with E-state index in [0.29, 0.717) is 6.04 Å². The Morgan fingerprint density at radius 3 is 3.00 bits per heavy atom. The maximum Gasteiger partial charge on any atom is 0.333 e. The lowest BCUT2D eigenvalue weighted by molar-refractivity contribution is -0.136. The SMILES string of the molecule is CNC1CC=C(C(=O)OC)C1. The van der Waals surface area contributed by atoms with Gasteiger partial charge in [-0.1, -0.05) is 6.08 Å². The van der Waals surface area contributed by atoms with Gasteiger partial charge in [-0.25, -0.2) is 4.79 Å². The van der Waals surface area contributed by atoms with Crippen molar-refractivity contribution in [1.82, 2.24) is 5.32 Å². The lowest BCUT2D eigenvalue weighted by Gasteiger charge is -2.06. The highest BCUT2D eigenvalue weighted by Gasteiger charge is 2.20. The van der Waals surface area contributed by atoms with E-state index < -0.39 is 0 Å². The number of nitrogens with one attached hydrogen (secondary N) is 1. The molecule has 0 bridgehead atoms. The van der Waals surface area contributed by atoms with Crippen LogP contribution in [0.25, 0.3) is 0 Å². The van der Waals surface area contributed by atoms with Crippen molar-refractivity contribution >= 4 is 5.97 Å². The van der Waals surface area contributed by atoms with Crippen molar-refractivity contribution in [2.75, 3.05) is 14.2 Å². The molecule has 0 saturated heterocycles. The zero-order valence-corrected chi connectivity index (χ0v) is 6.89. The number of carbonyl (C=O) groups is 1. The van der Waals surface area contributed by atoms with Gasteiger partial charge in [-0.3, -0.25) is 0 Å². The largest absolute Gasteiger partial charge is 0.466 e. The Morgan fingerprint density at radius 1 is 1.82 bits per heavy atom. The van der Waals surface area contributed by atoms with Crippen LogP contribution >= 0.6 is 0 Å². The second-order valence-corrected chi connectivity index (χ2v) is 2.65. The molecule has 3 nitrogen and oxygen atoms in total. The van der Waals surface area contributed by atoms with Crippen molar-refractivity contribution in [3.63, 3.8) is 0 Å². The first-order valence-corrected chi connectivity index (χ1v) is 3.72. The van der Waals surface area contributed by atoms with Gasteiger partial charge in [0.15, 0.2) is 0 Å². The van der Waals surface area contributed by atoms with Crippen LogP contribution in [0, 0.1) is 0 Å². The molecule has 0 radical (unpaired) electrons. The third-order valence-electron chi connectivity index (χ3n) is 1.97. The van der Waals surface area contributed by atoms with Crippen LogP contribution in [0.15, 0.2) is 11.6 Å².